The lowest BCUT2D eigenvalue weighted by molar-refractivity contribution is -0.144. The van der Waals surface area contributed by atoms with Crippen LogP contribution in [0.5, 0.6) is 11.5 Å². The van der Waals surface area contributed by atoms with Gasteiger partial charge < -0.3 is 9.47 Å². The summed E-state index contributed by atoms with van der Waals surface area (Å²) in [7, 11) is 0. The predicted molar refractivity (Wildman–Crippen MR) is 160 cm³/mol. The van der Waals surface area contributed by atoms with Crippen LogP contribution in [0.1, 0.15) is 65.9 Å². The van der Waals surface area contributed by atoms with Crippen LogP contribution in [-0.4, -0.2) is 44.8 Å². The zero-order valence-electron chi connectivity index (χ0n) is 24.6. The summed E-state index contributed by atoms with van der Waals surface area (Å²) in [6, 6.07) is 14.5. The van der Waals surface area contributed by atoms with Crippen molar-refractivity contribution in [3.63, 3.8) is 0 Å². The highest BCUT2D eigenvalue weighted by Gasteiger charge is 2.44. The maximum Gasteiger partial charge on any atom is 0.451 e. The average molecular weight is 653 g/mol. The number of nitriles is 1. The summed E-state index contributed by atoms with van der Waals surface area (Å²) >= 11 is 5.95. The fourth-order valence-electron chi connectivity index (χ4n) is 6.28. The van der Waals surface area contributed by atoms with Crippen LogP contribution in [0.2, 0.25) is 5.02 Å². The van der Waals surface area contributed by atoms with Crippen LogP contribution in [-0.2, 0) is 19.1 Å². The van der Waals surface area contributed by atoms with Gasteiger partial charge in [0.1, 0.15) is 12.4 Å². The third kappa shape index (κ3) is 6.13. The van der Waals surface area contributed by atoms with Crippen LogP contribution in [0.25, 0.3) is 11.4 Å². The van der Waals surface area contributed by atoms with Crippen LogP contribution in [0.3, 0.4) is 0 Å². The van der Waals surface area contributed by atoms with Gasteiger partial charge in [0, 0.05) is 34.5 Å². The largest absolute Gasteiger partial charge is 0.485 e. The number of pyridine rings is 1. The molecule has 8 nitrogen and oxygen atoms in total. The summed E-state index contributed by atoms with van der Waals surface area (Å²) in [5.41, 5.74) is 2.92. The summed E-state index contributed by atoms with van der Waals surface area (Å²) < 4.78 is 66.4. The number of H-pyrrole nitrogens is 1. The number of halogens is 5. The maximum absolute atomic E-state index is 14.7. The van der Waals surface area contributed by atoms with Crippen molar-refractivity contribution >= 4 is 11.6 Å². The summed E-state index contributed by atoms with van der Waals surface area (Å²) in [5, 5.41) is 15.8. The Labute approximate surface area is 267 Å². The molecule has 1 N–H and O–H groups in total. The molecule has 13 heteroatoms. The molecule has 238 valence electrons. The molecule has 2 aromatic carbocycles. The van der Waals surface area contributed by atoms with Crippen molar-refractivity contribution in [2.45, 2.75) is 56.8 Å². The molecule has 7 rings (SSSR count). The van der Waals surface area contributed by atoms with Crippen molar-refractivity contribution in [1.82, 2.24) is 25.1 Å². The quantitative estimate of drug-likeness (QED) is 0.208. The van der Waals surface area contributed by atoms with Gasteiger partial charge in [-0.2, -0.15) is 23.5 Å². The van der Waals surface area contributed by atoms with Gasteiger partial charge in [-0.25, -0.2) is 9.37 Å². The van der Waals surface area contributed by atoms with Crippen molar-refractivity contribution in [3.05, 3.63) is 87.7 Å². The smallest absolute Gasteiger partial charge is 0.451 e. The third-order valence-corrected chi connectivity index (χ3v) is 9.30. The van der Waals surface area contributed by atoms with E-state index in [2.05, 4.69) is 26.0 Å². The van der Waals surface area contributed by atoms with Gasteiger partial charge >= 0.3 is 6.18 Å². The molecule has 0 spiro atoms. The molecule has 0 bridgehead atoms. The Hall–Kier alpha value is -4.21. The maximum atomic E-state index is 14.7. The second kappa shape index (κ2) is 11.9. The van der Waals surface area contributed by atoms with E-state index in [0.717, 1.165) is 55.6 Å². The van der Waals surface area contributed by atoms with Gasteiger partial charge in [-0.15, -0.1) is 0 Å². The molecule has 1 aliphatic carbocycles. The Bertz CT molecular complexity index is 1810. The van der Waals surface area contributed by atoms with E-state index in [4.69, 9.17) is 21.1 Å². The van der Waals surface area contributed by atoms with Gasteiger partial charge in [-0.3, -0.25) is 15.0 Å². The molecule has 0 amide bonds. The second-order valence-corrected chi connectivity index (χ2v) is 12.6. The van der Waals surface area contributed by atoms with E-state index >= 15 is 0 Å². The molecule has 1 saturated carbocycles. The number of piperidine rings is 1. The van der Waals surface area contributed by atoms with Gasteiger partial charge in [-0.05, 0) is 80.9 Å². The first-order valence-corrected chi connectivity index (χ1v) is 15.5. The molecule has 46 heavy (non-hydrogen) atoms. The molecule has 2 aliphatic heterocycles. The predicted octanol–water partition coefficient (Wildman–Crippen LogP) is 7.42. The van der Waals surface area contributed by atoms with Crippen LogP contribution in [0.4, 0.5) is 17.6 Å². The third-order valence-electron chi connectivity index (χ3n) is 9.06. The summed E-state index contributed by atoms with van der Waals surface area (Å²) in [6.45, 7) is 2.27. The molecular formula is C33H29ClF4N6O2. The molecule has 2 aromatic heterocycles. The van der Waals surface area contributed by atoms with Crippen LogP contribution < -0.4 is 9.47 Å². The first kappa shape index (κ1) is 30.4. The summed E-state index contributed by atoms with van der Waals surface area (Å²) in [6.07, 6.45) is -0.0465. The minimum absolute atomic E-state index is 0.0892. The molecule has 4 aromatic rings. The molecule has 0 unspecified atom stereocenters. The lowest BCUT2D eigenvalue weighted by atomic mass is 9.88. The van der Waals surface area contributed by atoms with Crippen molar-refractivity contribution in [2.75, 3.05) is 19.7 Å². The lowest BCUT2D eigenvalue weighted by Crippen LogP contribution is -2.33. The molecule has 1 atom stereocenters. The highest BCUT2D eigenvalue weighted by atomic mass is 35.5. The minimum atomic E-state index is -4.64. The fraction of sp³-hybridized carbons (Fsp3) is 0.394. The van der Waals surface area contributed by atoms with E-state index in [1.165, 1.54) is 12.3 Å². The zero-order chi connectivity index (χ0) is 32.1. The van der Waals surface area contributed by atoms with E-state index in [9.17, 15) is 22.8 Å². The van der Waals surface area contributed by atoms with Crippen LogP contribution in [0, 0.1) is 22.6 Å². The molecule has 1 saturated heterocycles. The minimum Gasteiger partial charge on any atom is -0.485 e. The number of hydrogen-bond donors (Lipinski definition) is 1. The van der Waals surface area contributed by atoms with Gasteiger partial charge in [0.25, 0.3) is 0 Å². The highest BCUT2D eigenvalue weighted by Crippen LogP contribution is 2.49. The van der Waals surface area contributed by atoms with Crippen molar-refractivity contribution in [2.24, 2.45) is 5.41 Å². The molecule has 3 aliphatic rings. The Morgan fingerprint density at radius 2 is 1.91 bits per heavy atom. The molecule has 2 fully saturated rings. The van der Waals surface area contributed by atoms with E-state index < -0.39 is 29.3 Å². The van der Waals surface area contributed by atoms with Gasteiger partial charge in [0.15, 0.2) is 23.4 Å². The van der Waals surface area contributed by atoms with Crippen LogP contribution >= 0.6 is 11.6 Å². The Morgan fingerprint density at radius 3 is 2.61 bits per heavy atom. The van der Waals surface area contributed by atoms with E-state index in [1.807, 2.05) is 23.3 Å². The first-order chi connectivity index (χ1) is 22.1. The number of aromatic nitrogens is 4. The van der Waals surface area contributed by atoms with Gasteiger partial charge in [0.2, 0.25) is 5.82 Å². The topological polar surface area (TPSA) is 100.0 Å². The number of alkyl halides is 3. The lowest BCUT2D eigenvalue weighted by Gasteiger charge is -2.35. The number of nitrogens with zero attached hydrogens (tertiary/aromatic N) is 5. The Balaban J connectivity index is 1.06. The van der Waals surface area contributed by atoms with Crippen molar-refractivity contribution < 1.29 is 27.0 Å². The monoisotopic (exact) mass is 652 g/mol. The normalized spacial score (nSPS) is 19.5. The second-order valence-electron chi connectivity index (χ2n) is 12.2. The number of hydrogen-bond acceptors (Lipinski definition) is 7. The van der Waals surface area contributed by atoms with E-state index in [0.29, 0.717) is 40.6 Å². The average Bonchev–Trinajstić information content (AvgIpc) is 3.62. The number of ether oxygens (including phenoxy) is 2. The summed E-state index contributed by atoms with van der Waals surface area (Å²) in [4.78, 5) is 10.6. The van der Waals surface area contributed by atoms with Crippen molar-refractivity contribution in [1.29, 1.82) is 5.26 Å². The number of para-hydroxylation sites is 1. The highest BCUT2D eigenvalue weighted by molar-refractivity contribution is 6.30. The van der Waals surface area contributed by atoms with E-state index in [-0.39, 0.29) is 18.3 Å². The Kier molecular flexibility index (Phi) is 7.85. The number of rotatable bonds is 7. The number of benzene rings is 2. The SMILES string of the molecule is N#CC1(Cc2cc(-c3n[nH]c(C(F)(F)F)n3)cnc2CN2CCC(c3cccc4c3O[C@H](c3ccc(Cl)cc3F)CO4)CC2)CC1. The molecular weight excluding hydrogens is 624 g/mol. The number of aromatic amines is 1. The number of likely N-dealkylation sites (tertiary alicyclic amines) is 1. The van der Waals surface area contributed by atoms with Gasteiger partial charge in [-0.1, -0.05) is 29.8 Å². The first-order valence-electron chi connectivity index (χ1n) is 15.1. The molecule has 4 heterocycles. The van der Waals surface area contributed by atoms with E-state index in [1.54, 1.807) is 18.2 Å². The fourth-order valence-corrected chi connectivity index (χ4v) is 6.44. The van der Waals surface area contributed by atoms with Crippen LogP contribution in [0.15, 0.2) is 48.7 Å². The Morgan fingerprint density at radius 1 is 1.11 bits per heavy atom. The summed E-state index contributed by atoms with van der Waals surface area (Å²) in [5.74, 6) is -0.229. The number of fused-ring (bicyclic) bond motifs is 1. The zero-order valence-corrected chi connectivity index (χ0v) is 25.3. The standard InChI is InChI=1S/C33H29ClF4N6O2/c34-22-4-5-24(25(35)13-22)28-17-45-27-3-1-2-23(29(27)46-28)19-6-10-44(11-7-19)16-26-20(14-32(18-39)8-9-32)12-21(15-40-26)30-41-31(43-42-30)33(36,37)38/h1-5,12-13,15,19,28H,6-11,14,16-17H2,(H,41,42,43)/t28-/m0/s1. The van der Waals surface area contributed by atoms with Crippen molar-refractivity contribution in [3.8, 4) is 29.0 Å². The van der Waals surface area contributed by atoms with Gasteiger partial charge in [0.05, 0.1) is 17.2 Å². The molecule has 0 radical (unpaired) electrons. The number of nitrogens with one attached hydrogen (secondary N) is 1.